The topological polar surface area (TPSA) is 94.6 Å². The number of carbonyl (C=O) groups excluding carboxylic acids is 2. The van der Waals surface area contributed by atoms with Crippen LogP contribution in [-0.4, -0.2) is 57.1 Å². The second kappa shape index (κ2) is 10.1. The van der Waals surface area contributed by atoms with E-state index in [0.717, 1.165) is 21.7 Å². The molecule has 1 saturated heterocycles. The van der Waals surface area contributed by atoms with Crippen molar-refractivity contribution in [1.82, 2.24) is 20.5 Å². The molecule has 1 aliphatic rings. The lowest BCUT2D eigenvalue weighted by atomic mass is 9.84. The van der Waals surface area contributed by atoms with E-state index in [2.05, 4.69) is 15.6 Å². The number of carbonyl (C=O) groups is 2. The van der Waals surface area contributed by atoms with Gasteiger partial charge in [0.1, 0.15) is 6.04 Å². The van der Waals surface area contributed by atoms with Gasteiger partial charge in [0.15, 0.2) is 0 Å². The van der Waals surface area contributed by atoms with Crippen molar-refractivity contribution < 1.29 is 14.7 Å². The Labute approximate surface area is 207 Å². The number of aryl methyl sites for hydroxylation is 1. The Morgan fingerprint density at radius 1 is 1.18 bits per heavy atom. The lowest BCUT2D eigenvalue weighted by molar-refractivity contribution is -0.142. The van der Waals surface area contributed by atoms with E-state index in [1.54, 1.807) is 16.2 Å². The number of hydrogen-bond acceptors (Lipinski definition) is 6. The molecule has 7 nitrogen and oxygen atoms in total. The first-order valence-electron chi connectivity index (χ1n) is 11.8. The van der Waals surface area contributed by atoms with Gasteiger partial charge in [-0.25, -0.2) is 4.98 Å². The number of nitrogens with zero attached hydrogens (tertiary/aromatic N) is 2. The zero-order valence-corrected chi connectivity index (χ0v) is 22.1. The molecule has 0 spiro atoms. The van der Waals surface area contributed by atoms with Crippen LogP contribution in [0.3, 0.4) is 0 Å². The maximum Gasteiger partial charge on any atom is 0.243 e. The summed E-state index contributed by atoms with van der Waals surface area (Å²) in [4.78, 5) is 33.6. The molecule has 1 fully saturated rings. The Morgan fingerprint density at radius 2 is 1.82 bits per heavy atom. The van der Waals surface area contributed by atoms with Crippen molar-refractivity contribution in [3.8, 4) is 10.4 Å². The molecule has 0 radical (unpaired) electrons. The monoisotopic (exact) mass is 486 g/mol. The fraction of sp³-hybridized carbons (Fsp3) is 0.577. The number of nitrogens with one attached hydrogen (secondary N) is 2. The smallest absolute Gasteiger partial charge is 0.243 e. The van der Waals surface area contributed by atoms with Crippen molar-refractivity contribution in [1.29, 1.82) is 0 Å². The summed E-state index contributed by atoms with van der Waals surface area (Å²) in [7, 11) is 0. The summed E-state index contributed by atoms with van der Waals surface area (Å²) in [5, 5.41) is 16.7. The van der Waals surface area contributed by atoms with E-state index in [0.29, 0.717) is 6.54 Å². The SMILES string of the molecule is Cc1ncsc1-c1ccc(CNC(=O)[C@@H]2C[C@@H](O)CN2C(=O)[C@@H](NC(C)(C)C)C(C)(C)C)cc1. The Bertz CT molecular complexity index is 1000. The van der Waals surface area contributed by atoms with Crippen molar-refractivity contribution >= 4 is 23.2 Å². The van der Waals surface area contributed by atoms with E-state index in [4.69, 9.17) is 0 Å². The number of hydrogen-bond donors (Lipinski definition) is 3. The number of thiazole rings is 1. The maximum atomic E-state index is 13.6. The molecule has 0 unspecified atom stereocenters. The minimum Gasteiger partial charge on any atom is -0.391 e. The second-order valence-electron chi connectivity index (χ2n) is 11.3. The van der Waals surface area contributed by atoms with Crippen LogP contribution in [0.2, 0.25) is 0 Å². The first-order chi connectivity index (χ1) is 15.8. The van der Waals surface area contributed by atoms with Gasteiger partial charge in [0.25, 0.3) is 0 Å². The summed E-state index contributed by atoms with van der Waals surface area (Å²) < 4.78 is 0. The van der Waals surface area contributed by atoms with E-state index < -0.39 is 18.2 Å². The zero-order chi connectivity index (χ0) is 25.3. The summed E-state index contributed by atoms with van der Waals surface area (Å²) in [5.74, 6) is -0.390. The van der Waals surface area contributed by atoms with Crippen LogP contribution >= 0.6 is 11.3 Å². The molecular formula is C26H38N4O3S. The van der Waals surface area contributed by atoms with Crippen LogP contribution < -0.4 is 10.6 Å². The lowest BCUT2D eigenvalue weighted by Crippen LogP contribution is -2.60. The summed E-state index contributed by atoms with van der Waals surface area (Å²) in [5.41, 5.74) is 4.29. The van der Waals surface area contributed by atoms with Crippen LogP contribution in [0.25, 0.3) is 10.4 Å². The van der Waals surface area contributed by atoms with Crippen LogP contribution in [0.5, 0.6) is 0 Å². The molecule has 1 aliphatic heterocycles. The van der Waals surface area contributed by atoms with Gasteiger partial charge in [-0.05, 0) is 44.2 Å². The minimum absolute atomic E-state index is 0.150. The van der Waals surface area contributed by atoms with E-state index >= 15 is 0 Å². The first-order valence-corrected chi connectivity index (χ1v) is 12.7. The average Bonchev–Trinajstić information content (AvgIpc) is 3.34. The number of rotatable bonds is 6. The molecule has 8 heteroatoms. The number of benzene rings is 1. The van der Waals surface area contributed by atoms with Gasteiger partial charge in [-0.2, -0.15) is 0 Å². The molecule has 34 heavy (non-hydrogen) atoms. The number of aliphatic hydroxyl groups excluding tert-OH is 1. The molecular weight excluding hydrogens is 448 g/mol. The van der Waals surface area contributed by atoms with Crippen LogP contribution in [0.4, 0.5) is 0 Å². The van der Waals surface area contributed by atoms with Crippen LogP contribution in [0.1, 0.15) is 59.2 Å². The van der Waals surface area contributed by atoms with Crippen molar-refractivity contribution in [2.24, 2.45) is 5.41 Å². The van der Waals surface area contributed by atoms with Gasteiger partial charge in [-0.1, -0.05) is 45.0 Å². The Hall–Kier alpha value is -2.29. The molecule has 1 aromatic heterocycles. The third kappa shape index (κ3) is 6.43. The van der Waals surface area contributed by atoms with Crippen molar-refractivity contribution in [2.75, 3.05) is 6.54 Å². The molecule has 2 amide bonds. The number of likely N-dealkylation sites (tertiary alicyclic amines) is 1. The number of aliphatic hydroxyl groups is 1. The standard InChI is InChI=1S/C26H38N4O3S/c1-16-21(34-15-28-16)18-10-8-17(9-11-18)13-27-23(32)20-12-19(31)14-30(20)24(33)22(25(2,3)4)29-26(5,6)7/h8-11,15,19-20,22,29,31H,12-14H2,1-7H3,(H,27,32)/t19-,20+,22-/m1/s1. The second-order valence-corrected chi connectivity index (χ2v) is 12.1. The predicted octanol–water partition coefficient (Wildman–Crippen LogP) is 3.50. The molecule has 3 atom stereocenters. The van der Waals surface area contributed by atoms with E-state index in [-0.39, 0.29) is 35.7 Å². The fourth-order valence-corrected chi connectivity index (χ4v) is 5.02. The van der Waals surface area contributed by atoms with Crippen molar-refractivity contribution in [2.45, 2.75) is 85.2 Å². The molecule has 3 N–H and O–H groups in total. The number of amides is 2. The summed E-state index contributed by atoms with van der Waals surface area (Å²) in [6, 6.07) is 6.88. The van der Waals surface area contributed by atoms with Crippen molar-refractivity contribution in [3.05, 3.63) is 41.0 Å². The Morgan fingerprint density at radius 3 is 2.35 bits per heavy atom. The molecule has 3 rings (SSSR count). The number of aromatic nitrogens is 1. The van der Waals surface area contributed by atoms with Crippen molar-refractivity contribution in [3.63, 3.8) is 0 Å². The first kappa shape index (κ1) is 26.3. The normalized spacial score (nSPS) is 19.8. The molecule has 2 heterocycles. The third-order valence-electron chi connectivity index (χ3n) is 5.98. The summed E-state index contributed by atoms with van der Waals surface area (Å²) in [6.45, 7) is 14.6. The molecule has 1 aromatic carbocycles. The predicted molar refractivity (Wildman–Crippen MR) is 136 cm³/mol. The highest BCUT2D eigenvalue weighted by Crippen LogP contribution is 2.29. The minimum atomic E-state index is -0.711. The van der Waals surface area contributed by atoms with E-state index in [9.17, 15) is 14.7 Å². The largest absolute Gasteiger partial charge is 0.391 e. The molecule has 2 aromatic rings. The fourth-order valence-electron chi connectivity index (χ4n) is 4.21. The van der Waals surface area contributed by atoms with Gasteiger partial charge in [-0.3, -0.25) is 9.59 Å². The maximum absolute atomic E-state index is 13.6. The highest BCUT2D eigenvalue weighted by atomic mass is 32.1. The van der Waals surface area contributed by atoms with Gasteiger partial charge >= 0.3 is 0 Å². The van der Waals surface area contributed by atoms with Gasteiger partial charge in [0, 0.05) is 25.0 Å². The Kier molecular flexibility index (Phi) is 7.85. The molecule has 186 valence electrons. The molecule has 0 bridgehead atoms. The lowest BCUT2D eigenvalue weighted by Gasteiger charge is -2.39. The molecule has 0 aliphatic carbocycles. The average molecular weight is 487 g/mol. The summed E-state index contributed by atoms with van der Waals surface area (Å²) >= 11 is 1.61. The highest BCUT2D eigenvalue weighted by Gasteiger charge is 2.44. The zero-order valence-electron chi connectivity index (χ0n) is 21.3. The quantitative estimate of drug-likeness (QED) is 0.581. The van der Waals surface area contributed by atoms with E-state index in [1.165, 1.54) is 0 Å². The van der Waals surface area contributed by atoms with Crippen LogP contribution in [-0.2, 0) is 16.1 Å². The van der Waals surface area contributed by atoms with E-state index in [1.807, 2.05) is 78.2 Å². The Balaban J connectivity index is 1.68. The van der Waals surface area contributed by atoms with Crippen LogP contribution in [0.15, 0.2) is 29.8 Å². The third-order valence-corrected chi connectivity index (χ3v) is 6.96. The van der Waals surface area contributed by atoms with Gasteiger partial charge < -0.3 is 20.6 Å². The van der Waals surface area contributed by atoms with Gasteiger partial charge in [0.2, 0.25) is 11.8 Å². The number of β-amino-alcohol motifs (C(OH)–C–C–N with tert-alkyl or cyclic N) is 1. The van der Waals surface area contributed by atoms with Gasteiger partial charge in [0.05, 0.1) is 28.2 Å². The highest BCUT2D eigenvalue weighted by molar-refractivity contribution is 7.13. The van der Waals surface area contributed by atoms with Crippen LogP contribution in [0, 0.1) is 12.3 Å². The molecule has 0 saturated carbocycles. The summed E-state index contributed by atoms with van der Waals surface area (Å²) in [6.07, 6.45) is -0.468. The van der Waals surface area contributed by atoms with Gasteiger partial charge in [-0.15, -0.1) is 11.3 Å².